The number of nitrogens with zero attached hydrogens (tertiary/aromatic N) is 3. The molecule has 3 rings (SSSR count). The van der Waals surface area contributed by atoms with E-state index < -0.39 is 0 Å². The lowest BCUT2D eigenvalue weighted by Gasteiger charge is -2.35. The standard InChI is InChI=1S/C26H38N4O2/c1-20(2)17-29(18-24-14-9-15-28(24)4)25(31)19-30(23-12-6-5-7-13-23)26(32)27-22-11-8-10-21(3)16-22/h8-11,14-16,20,23H,5-7,12-13,17-19H2,1-4H3,(H,27,32). The van der Waals surface area contributed by atoms with Crippen molar-refractivity contribution in [1.29, 1.82) is 0 Å². The highest BCUT2D eigenvalue weighted by atomic mass is 16.2. The zero-order chi connectivity index (χ0) is 23.1. The van der Waals surface area contributed by atoms with Crippen molar-refractivity contribution in [3.8, 4) is 0 Å². The first-order valence-corrected chi connectivity index (χ1v) is 11.9. The first-order chi connectivity index (χ1) is 15.3. The number of hydrogen-bond donors (Lipinski definition) is 1. The average molecular weight is 439 g/mol. The maximum atomic E-state index is 13.5. The molecule has 0 bridgehead atoms. The van der Waals surface area contributed by atoms with E-state index >= 15 is 0 Å². The summed E-state index contributed by atoms with van der Waals surface area (Å²) in [6.45, 7) is 7.58. The van der Waals surface area contributed by atoms with E-state index in [0.717, 1.165) is 42.6 Å². The minimum absolute atomic E-state index is 0.00451. The van der Waals surface area contributed by atoms with E-state index in [-0.39, 0.29) is 24.5 Å². The summed E-state index contributed by atoms with van der Waals surface area (Å²) in [6, 6.07) is 11.8. The molecule has 1 aromatic heterocycles. The normalized spacial score (nSPS) is 14.4. The van der Waals surface area contributed by atoms with Gasteiger partial charge < -0.3 is 19.7 Å². The number of nitrogens with one attached hydrogen (secondary N) is 1. The highest BCUT2D eigenvalue weighted by molar-refractivity contribution is 5.92. The van der Waals surface area contributed by atoms with Crippen molar-refractivity contribution < 1.29 is 9.59 Å². The van der Waals surface area contributed by atoms with Gasteiger partial charge in [0.1, 0.15) is 6.54 Å². The van der Waals surface area contributed by atoms with Gasteiger partial charge in [0, 0.05) is 37.2 Å². The monoisotopic (exact) mass is 438 g/mol. The van der Waals surface area contributed by atoms with Gasteiger partial charge in [0.05, 0.1) is 6.54 Å². The van der Waals surface area contributed by atoms with E-state index in [2.05, 4.69) is 19.2 Å². The highest BCUT2D eigenvalue weighted by Gasteiger charge is 2.29. The predicted octanol–water partition coefficient (Wildman–Crippen LogP) is 5.18. The third-order valence-electron chi connectivity index (χ3n) is 6.19. The molecule has 0 unspecified atom stereocenters. The fourth-order valence-corrected chi connectivity index (χ4v) is 4.47. The van der Waals surface area contributed by atoms with Crippen LogP contribution < -0.4 is 5.32 Å². The average Bonchev–Trinajstić information content (AvgIpc) is 3.16. The smallest absolute Gasteiger partial charge is 0.322 e. The number of anilines is 1. The van der Waals surface area contributed by atoms with Crippen LogP contribution in [0, 0.1) is 12.8 Å². The van der Waals surface area contributed by atoms with Crippen LogP contribution in [0.2, 0.25) is 0 Å². The van der Waals surface area contributed by atoms with Gasteiger partial charge in [-0.2, -0.15) is 0 Å². The number of carbonyl (C=O) groups excluding carboxylic acids is 2. The van der Waals surface area contributed by atoms with Crippen molar-refractivity contribution in [2.24, 2.45) is 13.0 Å². The maximum Gasteiger partial charge on any atom is 0.322 e. The number of amides is 3. The molecule has 2 aromatic rings. The minimum Gasteiger partial charge on any atom is -0.353 e. The van der Waals surface area contributed by atoms with Gasteiger partial charge in [-0.05, 0) is 55.5 Å². The molecular weight excluding hydrogens is 400 g/mol. The molecule has 1 aromatic carbocycles. The van der Waals surface area contributed by atoms with E-state index in [4.69, 9.17) is 0 Å². The van der Waals surface area contributed by atoms with Gasteiger partial charge in [0.2, 0.25) is 5.91 Å². The Bertz CT molecular complexity index is 899. The molecule has 0 aliphatic heterocycles. The van der Waals surface area contributed by atoms with Crippen molar-refractivity contribution in [2.75, 3.05) is 18.4 Å². The Morgan fingerprint density at radius 2 is 1.88 bits per heavy atom. The second kappa shape index (κ2) is 11.2. The summed E-state index contributed by atoms with van der Waals surface area (Å²) in [6.07, 6.45) is 7.31. The molecule has 3 amide bonds. The molecule has 0 radical (unpaired) electrons. The lowest BCUT2D eigenvalue weighted by atomic mass is 9.94. The fourth-order valence-electron chi connectivity index (χ4n) is 4.47. The van der Waals surface area contributed by atoms with Crippen LogP contribution in [0.25, 0.3) is 0 Å². The summed E-state index contributed by atoms with van der Waals surface area (Å²) < 4.78 is 2.05. The minimum atomic E-state index is -0.181. The lowest BCUT2D eigenvalue weighted by Crippen LogP contribution is -2.50. The second-order valence-corrected chi connectivity index (χ2v) is 9.50. The van der Waals surface area contributed by atoms with Gasteiger partial charge in [0.25, 0.3) is 0 Å². The van der Waals surface area contributed by atoms with E-state index in [0.29, 0.717) is 19.0 Å². The molecule has 174 valence electrons. The predicted molar refractivity (Wildman–Crippen MR) is 129 cm³/mol. The Balaban J connectivity index is 1.77. The van der Waals surface area contributed by atoms with Crippen LogP contribution in [0.1, 0.15) is 57.2 Å². The van der Waals surface area contributed by atoms with Gasteiger partial charge in [-0.25, -0.2) is 4.79 Å². The number of carbonyl (C=O) groups is 2. The first-order valence-electron chi connectivity index (χ1n) is 11.9. The molecule has 6 nitrogen and oxygen atoms in total. The molecule has 1 fully saturated rings. The van der Waals surface area contributed by atoms with E-state index in [9.17, 15) is 9.59 Å². The number of aromatic nitrogens is 1. The molecule has 32 heavy (non-hydrogen) atoms. The molecule has 0 saturated heterocycles. The number of rotatable bonds is 8. The summed E-state index contributed by atoms with van der Waals surface area (Å²) in [5, 5.41) is 3.03. The van der Waals surface area contributed by atoms with Crippen molar-refractivity contribution >= 4 is 17.6 Å². The second-order valence-electron chi connectivity index (χ2n) is 9.50. The topological polar surface area (TPSA) is 57.6 Å². The van der Waals surface area contributed by atoms with Gasteiger partial charge in [-0.3, -0.25) is 4.79 Å². The van der Waals surface area contributed by atoms with Crippen LogP contribution in [0.15, 0.2) is 42.6 Å². The third-order valence-corrected chi connectivity index (χ3v) is 6.19. The first kappa shape index (κ1) is 23.9. The summed E-state index contributed by atoms with van der Waals surface area (Å²) in [5.74, 6) is 0.355. The summed E-state index contributed by atoms with van der Waals surface area (Å²) in [5.41, 5.74) is 2.95. The number of hydrogen-bond acceptors (Lipinski definition) is 2. The van der Waals surface area contributed by atoms with Crippen molar-refractivity contribution in [3.05, 3.63) is 53.9 Å². The van der Waals surface area contributed by atoms with Crippen LogP contribution in [-0.4, -0.2) is 45.4 Å². The van der Waals surface area contributed by atoms with Crippen molar-refractivity contribution in [1.82, 2.24) is 14.4 Å². The van der Waals surface area contributed by atoms with Gasteiger partial charge in [-0.1, -0.05) is 45.2 Å². The number of urea groups is 1. The van der Waals surface area contributed by atoms with Crippen LogP contribution in [-0.2, 0) is 18.4 Å². The largest absolute Gasteiger partial charge is 0.353 e. The molecule has 1 aliphatic carbocycles. The molecule has 1 aliphatic rings. The summed E-state index contributed by atoms with van der Waals surface area (Å²) in [7, 11) is 2.00. The maximum absolute atomic E-state index is 13.5. The van der Waals surface area contributed by atoms with Gasteiger partial charge in [-0.15, -0.1) is 0 Å². The quantitative estimate of drug-likeness (QED) is 0.617. The lowest BCUT2D eigenvalue weighted by molar-refractivity contribution is -0.133. The SMILES string of the molecule is Cc1cccc(NC(=O)N(CC(=O)N(Cc2cccn2C)CC(C)C)C2CCCCC2)c1. The van der Waals surface area contributed by atoms with E-state index in [1.807, 2.05) is 66.0 Å². The fraction of sp³-hybridized carbons (Fsp3) is 0.538. The molecule has 0 spiro atoms. The Kier molecular flexibility index (Phi) is 8.37. The molecule has 0 atom stereocenters. The molecule has 1 saturated carbocycles. The van der Waals surface area contributed by atoms with E-state index in [1.165, 1.54) is 6.42 Å². The zero-order valence-corrected chi connectivity index (χ0v) is 20.0. The Morgan fingerprint density at radius 3 is 2.50 bits per heavy atom. The van der Waals surface area contributed by atoms with E-state index in [1.54, 1.807) is 4.90 Å². The molecule has 1 heterocycles. The van der Waals surface area contributed by atoms with Gasteiger partial charge >= 0.3 is 6.03 Å². The summed E-state index contributed by atoms with van der Waals surface area (Å²) in [4.78, 5) is 30.5. The Labute approximate surface area is 192 Å². The van der Waals surface area contributed by atoms with Crippen molar-refractivity contribution in [3.63, 3.8) is 0 Å². The van der Waals surface area contributed by atoms with Crippen LogP contribution in [0.3, 0.4) is 0 Å². The number of aryl methyl sites for hydroxylation is 2. The van der Waals surface area contributed by atoms with Gasteiger partial charge in [0.15, 0.2) is 0 Å². The molecule has 1 N–H and O–H groups in total. The summed E-state index contributed by atoms with van der Waals surface area (Å²) >= 11 is 0. The van der Waals surface area contributed by atoms with Crippen molar-refractivity contribution in [2.45, 2.75) is 65.5 Å². The van der Waals surface area contributed by atoms with Crippen LogP contribution in [0.4, 0.5) is 10.5 Å². The van der Waals surface area contributed by atoms with Crippen LogP contribution >= 0.6 is 0 Å². The Hall–Kier alpha value is -2.76. The third kappa shape index (κ3) is 6.62. The zero-order valence-electron chi connectivity index (χ0n) is 20.0. The molecular formula is C26H38N4O2. The Morgan fingerprint density at radius 1 is 1.12 bits per heavy atom. The highest BCUT2D eigenvalue weighted by Crippen LogP contribution is 2.24. The molecule has 6 heteroatoms. The van der Waals surface area contributed by atoms with Crippen LogP contribution in [0.5, 0.6) is 0 Å². The number of benzene rings is 1.